The van der Waals surface area contributed by atoms with E-state index in [0.29, 0.717) is 18.8 Å². The van der Waals surface area contributed by atoms with E-state index in [0.717, 1.165) is 35.4 Å². The number of nitrogens with zero attached hydrogens (tertiary/aromatic N) is 1. The van der Waals surface area contributed by atoms with Gasteiger partial charge in [-0.05, 0) is 62.6 Å². The molecule has 1 aliphatic rings. The Bertz CT molecular complexity index is 794. The van der Waals surface area contributed by atoms with Crippen molar-refractivity contribution in [3.8, 4) is 5.75 Å². The number of anilines is 1. The number of hydrogen-bond acceptors (Lipinski definition) is 3. The topological polar surface area (TPSA) is 55.6 Å². The molecule has 1 aliphatic heterocycles. The van der Waals surface area contributed by atoms with Gasteiger partial charge in [0, 0.05) is 6.54 Å². The van der Waals surface area contributed by atoms with E-state index >= 15 is 0 Å². The third-order valence-electron chi connectivity index (χ3n) is 4.29. The van der Waals surface area contributed by atoms with Gasteiger partial charge in [0.2, 0.25) is 0 Å². The maximum Gasteiger partial charge on any atom is 0.294 e. The molecule has 2 N–H and O–H groups in total. The van der Waals surface area contributed by atoms with E-state index in [4.69, 9.17) is 10.5 Å². The highest BCUT2D eigenvalue weighted by Crippen LogP contribution is 2.36. The van der Waals surface area contributed by atoms with E-state index in [1.54, 1.807) is 6.08 Å². The van der Waals surface area contributed by atoms with E-state index in [1.165, 1.54) is 5.56 Å². The van der Waals surface area contributed by atoms with Crippen LogP contribution in [0.2, 0.25) is 0 Å². The highest BCUT2D eigenvalue weighted by Gasteiger charge is 2.29. The number of fused-ring (bicyclic) bond motifs is 1. The highest BCUT2D eigenvalue weighted by molar-refractivity contribution is 6.09. The summed E-state index contributed by atoms with van der Waals surface area (Å²) in [7, 11) is 0. The summed E-state index contributed by atoms with van der Waals surface area (Å²) in [4.78, 5) is 14.8. The molecule has 0 aliphatic carbocycles. The van der Waals surface area contributed by atoms with Crippen molar-refractivity contribution in [3.05, 3.63) is 64.9 Å². The van der Waals surface area contributed by atoms with Crippen LogP contribution in [0.25, 0.3) is 6.08 Å². The second-order valence-electron chi connectivity index (χ2n) is 6.45. The van der Waals surface area contributed by atoms with Crippen molar-refractivity contribution in [2.75, 3.05) is 18.0 Å². The SMILES string of the molecule is Cc1ccc(/C=C2/Oc3ccc(C)cc3N(CCCCN)C2=O)cc1. The Morgan fingerprint density at radius 2 is 1.76 bits per heavy atom. The molecule has 0 unspecified atom stereocenters. The first kappa shape index (κ1) is 17.2. The number of carbonyl (C=O) groups is 1. The molecule has 1 heterocycles. The first-order chi connectivity index (χ1) is 12.1. The highest BCUT2D eigenvalue weighted by atomic mass is 16.5. The number of carbonyl (C=O) groups excluding carboxylic acids is 1. The van der Waals surface area contributed by atoms with Gasteiger partial charge in [-0.25, -0.2) is 0 Å². The third kappa shape index (κ3) is 3.91. The second-order valence-corrected chi connectivity index (χ2v) is 6.45. The Kier molecular flexibility index (Phi) is 5.19. The zero-order valence-electron chi connectivity index (χ0n) is 14.8. The number of nitrogens with two attached hydrogens (primary N) is 1. The first-order valence-electron chi connectivity index (χ1n) is 8.67. The predicted octanol–water partition coefficient (Wildman–Crippen LogP) is 3.81. The Morgan fingerprint density at radius 1 is 1.04 bits per heavy atom. The van der Waals surface area contributed by atoms with Crippen LogP contribution in [0.4, 0.5) is 5.69 Å². The molecule has 2 aromatic rings. The zero-order chi connectivity index (χ0) is 17.8. The molecule has 2 aromatic carbocycles. The lowest BCUT2D eigenvalue weighted by Gasteiger charge is -2.31. The number of benzene rings is 2. The molecule has 1 amide bonds. The van der Waals surface area contributed by atoms with E-state index in [9.17, 15) is 4.79 Å². The van der Waals surface area contributed by atoms with Crippen LogP contribution >= 0.6 is 0 Å². The minimum absolute atomic E-state index is 0.101. The lowest BCUT2D eigenvalue weighted by atomic mass is 10.1. The van der Waals surface area contributed by atoms with Crippen molar-refractivity contribution in [2.45, 2.75) is 26.7 Å². The van der Waals surface area contributed by atoms with Crippen LogP contribution < -0.4 is 15.4 Å². The first-order valence-corrected chi connectivity index (χ1v) is 8.67. The van der Waals surface area contributed by atoms with Gasteiger partial charge in [0.15, 0.2) is 11.5 Å². The van der Waals surface area contributed by atoms with E-state index in [-0.39, 0.29) is 5.91 Å². The fraction of sp³-hybridized carbons (Fsp3) is 0.286. The van der Waals surface area contributed by atoms with E-state index < -0.39 is 0 Å². The molecular weight excluding hydrogens is 312 g/mol. The maximum absolute atomic E-state index is 13.0. The Balaban J connectivity index is 1.95. The van der Waals surface area contributed by atoms with Gasteiger partial charge < -0.3 is 15.4 Å². The second kappa shape index (κ2) is 7.53. The third-order valence-corrected chi connectivity index (χ3v) is 4.29. The molecule has 0 fully saturated rings. The minimum Gasteiger partial charge on any atom is -0.449 e. The molecule has 0 radical (unpaired) electrons. The Morgan fingerprint density at radius 3 is 2.48 bits per heavy atom. The molecule has 25 heavy (non-hydrogen) atoms. The van der Waals surface area contributed by atoms with Gasteiger partial charge in [-0.3, -0.25) is 4.79 Å². The molecule has 0 spiro atoms. The molecule has 0 atom stereocenters. The van der Waals surface area contributed by atoms with Crippen LogP contribution in [0.15, 0.2) is 48.2 Å². The van der Waals surface area contributed by atoms with Crippen molar-refractivity contribution < 1.29 is 9.53 Å². The standard InChI is InChI=1S/C21H24N2O2/c1-15-5-8-17(9-6-15)14-20-21(24)23(12-4-3-11-22)18-13-16(2)7-10-19(18)25-20/h5-10,13-14H,3-4,11-12,22H2,1-2H3/b20-14+. The lowest BCUT2D eigenvalue weighted by Crippen LogP contribution is -2.38. The number of amides is 1. The normalized spacial score (nSPS) is 15.2. The van der Waals surface area contributed by atoms with Crippen molar-refractivity contribution in [3.63, 3.8) is 0 Å². The van der Waals surface area contributed by atoms with Gasteiger partial charge in [0.1, 0.15) is 0 Å². The maximum atomic E-state index is 13.0. The fourth-order valence-electron chi connectivity index (χ4n) is 2.87. The molecule has 130 valence electrons. The molecule has 4 heteroatoms. The average molecular weight is 336 g/mol. The van der Waals surface area contributed by atoms with Gasteiger partial charge in [0.05, 0.1) is 5.69 Å². The van der Waals surface area contributed by atoms with Gasteiger partial charge in [-0.15, -0.1) is 0 Å². The molecule has 0 saturated carbocycles. The van der Waals surface area contributed by atoms with Crippen molar-refractivity contribution in [2.24, 2.45) is 5.73 Å². The average Bonchev–Trinajstić information content (AvgIpc) is 2.60. The lowest BCUT2D eigenvalue weighted by molar-refractivity contribution is -0.117. The quantitative estimate of drug-likeness (QED) is 0.667. The van der Waals surface area contributed by atoms with Crippen LogP contribution in [0, 0.1) is 13.8 Å². The van der Waals surface area contributed by atoms with E-state index in [2.05, 4.69) is 0 Å². The van der Waals surface area contributed by atoms with Crippen molar-refractivity contribution >= 4 is 17.7 Å². The van der Waals surface area contributed by atoms with Crippen LogP contribution in [-0.2, 0) is 4.79 Å². The van der Waals surface area contributed by atoms with Gasteiger partial charge >= 0.3 is 0 Å². The van der Waals surface area contributed by atoms with E-state index in [1.807, 2.05) is 61.2 Å². The molecule has 4 nitrogen and oxygen atoms in total. The summed E-state index contributed by atoms with van der Waals surface area (Å²) >= 11 is 0. The number of ether oxygens (including phenoxy) is 1. The fourth-order valence-corrected chi connectivity index (χ4v) is 2.87. The Labute approximate surface area is 148 Å². The predicted molar refractivity (Wildman–Crippen MR) is 102 cm³/mol. The van der Waals surface area contributed by atoms with Crippen molar-refractivity contribution in [1.82, 2.24) is 0 Å². The molecular formula is C21H24N2O2. The van der Waals surface area contributed by atoms with Gasteiger partial charge in [-0.1, -0.05) is 35.9 Å². The van der Waals surface area contributed by atoms with Crippen LogP contribution in [0.3, 0.4) is 0 Å². The summed E-state index contributed by atoms with van der Waals surface area (Å²) < 4.78 is 5.92. The largest absolute Gasteiger partial charge is 0.449 e. The molecule has 3 rings (SSSR count). The van der Waals surface area contributed by atoms with Gasteiger partial charge in [0.25, 0.3) is 5.91 Å². The zero-order valence-corrected chi connectivity index (χ0v) is 14.8. The molecule has 0 bridgehead atoms. The smallest absolute Gasteiger partial charge is 0.294 e. The molecule has 0 aromatic heterocycles. The summed E-state index contributed by atoms with van der Waals surface area (Å²) in [6.45, 7) is 5.32. The molecule has 0 saturated heterocycles. The summed E-state index contributed by atoms with van der Waals surface area (Å²) in [5, 5.41) is 0. The van der Waals surface area contributed by atoms with Crippen LogP contribution in [0.1, 0.15) is 29.5 Å². The minimum atomic E-state index is -0.101. The summed E-state index contributed by atoms with van der Waals surface area (Å²) in [5.41, 5.74) is 9.67. The number of aryl methyl sites for hydroxylation is 2. The summed E-state index contributed by atoms with van der Waals surface area (Å²) in [6, 6.07) is 13.9. The Hall–Kier alpha value is -2.59. The summed E-state index contributed by atoms with van der Waals surface area (Å²) in [5.74, 6) is 0.972. The van der Waals surface area contributed by atoms with Crippen molar-refractivity contribution in [1.29, 1.82) is 0 Å². The summed E-state index contributed by atoms with van der Waals surface area (Å²) in [6.07, 6.45) is 3.57. The van der Waals surface area contributed by atoms with Crippen LogP contribution in [0.5, 0.6) is 5.75 Å². The number of hydrogen-bond donors (Lipinski definition) is 1. The number of rotatable bonds is 5. The monoisotopic (exact) mass is 336 g/mol. The number of unbranched alkanes of at least 4 members (excludes halogenated alkanes) is 1. The van der Waals surface area contributed by atoms with Crippen LogP contribution in [-0.4, -0.2) is 19.0 Å². The van der Waals surface area contributed by atoms with Gasteiger partial charge in [-0.2, -0.15) is 0 Å².